The Balaban J connectivity index is 0.00000225. The van der Waals surface area contributed by atoms with Gasteiger partial charge in [-0.3, -0.25) is 4.79 Å². The smallest absolute Gasteiger partial charge is 0.260 e. The van der Waals surface area contributed by atoms with Gasteiger partial charge in [-0.1, -0.05) is 12.1 Å². The summed E-state index contributed by atoms with van der Waals surface area (Å²) in [6.07, 6.45) is 3.35. The van der Waals surface area contributed by atoms with Crippen LogP contribution in [0.4, 0.5) is 0 Å². The highest BCUT2D eigenvalue weighted by Crippen LogP contribution is 2.43. The summed E-state index contributed by atoms with van der Waals surface area (Å²) in [6, 6.07) is 8.79. The highest BCUT2D eigenvalue weighted by Gasteiger charge is 2.22. The van der Waals surface area contributed by atoms with Gasteiger partial charge in [0.15, 0.2) is 6.61 Å². The number of rotatable bonds is 5. The predicted octanol–water partition coefficient (Wildman–Crippen LogP) is 3.57. The van der Waals surface area contributed by atoms with Crippen molar-refractivity contribution in [3.8, 4) is 5.75 Å². The topological polar surface area (TPSA) is 41.6 Å². The number of hydrogen-bond donors (Lipinski definition) is 1. The summed E-state index contributed by atoms with van der Waals surface area (Å²) in [5, 5.41) is 3.28. The molecule has 0 radical (unpaired) electrons. The molecule has 0 unspecified atom stereocenters. The fourth-order valence-corrected chi connectivity index (χ4v) is 5.95. The summed E-state index contributed by atoms with van der Waals surface area (Å²) in [5.74, 6) is 3.36. The van der Waals surface area contributed by atoms with Crippen LogP contribution in [0, 0.1) is 0 Å². The highest BCUT2D eigenvalue weighted by molar-refractivity contribution is 8.16. The van der Waals surface area contributed by atoms with Crippen LogP contribution in [0.3, 0.4) is 0 Å². The van der Waals surface area contributed by atoms with Crippen molar-refractivity contribution in [2.45, 2.75) is 29.9 Å². The summed E-state index contributed by atoms with van der Waals surface area (Å²) in [5.41, 5.74) is 1.34. The Labute approximate surface area is 165 Å². The highest BCUT2D eigenvalue weighted by atomic mass is 35.5. The van der Waals surface area contributed by atoms with E-state index in [1.165, 1.54) is 23.5 Å². The normalized spacial score (nSPS) is 19.3. The Hall–Kier alpha value is -0.560. The molecule has 0 aliphatic carbocycles. The monoisotopic (exact) mass is 402 g/mol. The maximum atomic E-state index is 12.3. The Bertz CT molecular complexity index is 530. The van der Waals surface area contributed by atoms with E-state index in [9.17, 15) is 4.79 Å². The largest absolute Gasteiger partial charge is 0.484 e. The van der Waals surface area contributed by atoms with Crippen LogP contribution >= 0.6 is 35.9 Å². The minimum absolute atomic E-state index is 0. The fourth-order valence-electron chi connectivity index (χ4n) is 3.06. The van der Waals surface area contributed by atoms with Crippen molar-refractivity contribution in [3.63, 3.8) is 0 Å². The number of piperidine rings is 1. The van der Waals surface area contributed by atoms with Gasteiger partial charge in [0, 0.05) is 19.1 Å². The number of thioether (sulfide) groups is 2. The standard InChI is InChI=1S/C18H26N2O2S2.ClH/c1-19-15-7-9-20(10-8-15)17(21)13-22-16-5-3-14(4-6-16)18-23-11-2-12-24-18;/h3-6,15,18-19H,2,7-13H2,1H3;1H. The van der Waals surface area contributed by atoms with E-state index in [4.69, 9.17) is 4.74 Å². The second kappa shape index (κ2) is 10.6. The summed E-state index contributed by atoms with van der Waals surface area (Å²) in [7, 11) is 1.99. The van der Waals surface area contributed by atoms with Gasteiger partial charge in [-0.15, -0.1) is 35.9 Å². The number of carbonyl (C=O) groups excluding carboxylic acids is 1. The number of carbonyl (C=O) groups is 1. The van der Waals surface area contributed by atoms with Crippen LogP contribution in [-0.4, -0.2) is 55.1 Å². The van der Waals surface area contributed by atoms with E-state index in [0.29, 0.717) is 10.6 Å². The minimum atomic E-state index is 0. The van der Waals surface area contributed by atoms with Crippen molar-refractivity contribution in [1.29, 1.82) is 0 Å². The molecule has 0 atom stereocenters. The number of halogens is 1. The number of nitrogens with zero attached hydrogens (tertiary/aromatic N) is 1. The second-order valence-electron chi connectivity index (χ2n) is 6.23. The Kier molecular flexibility index (Phi) is 8.76. The van der Waals surface area contributed by atoms with Gasteiger partial charge in [-0.25, -0.2) is 0 Å². The first-order valence-corrected chi connectivity index (χ1v) is 10.8. The SMILES string of the molecule is CNC1CCN(C(=O)COc2ccc(C3SCCCS3)cc2)CC1.Cl. The first-order valence-electron chi connectivity index (χ1n) is 8.67. The molecule has 140 valence electrons. The van der Waals surface area contributed by atoms with E-state index in [-0.39, 0.29) is 24.9 Å². The number of amides is 1. The van der Waals surface area contributed by atoms with Crippen LogP contribution in [-0.2, 0) is 4.79 Å². The van der Waals surface area contributed by atoms with Gasteiger partial charge in [0.2, 0.25) is 0 Å². The molecule has 0 spiro atoms. The molecular weight excluding hydrogens is 376 g/mol. The average molecular weight is 403 g/mol. The van der Waals surface area contributed by atoms with Gasteiger partial charge < -0.3 is 15.0 Å². The molecular formula is C18H27ClN2O2S2. The summed E-state index contributed by atoms with van der Waals surface area (Å²) in [6.45, 7) is 1.78. The zero-order valence-electron chi connectivity index (χ0n) is 14.6. The zero-order valence-corrected chi connectivity index (χ0v) is 17.1. The molecule has 25 heavy (non-hydrogen) atoms. The quantitative estimate of drug-likeness (QED) is 0.815. The van der Waals surface area contributed by atoms with E-state index in [1.807, 2.05) is 47.6 Å². The number of likely N-dealkylation sites (tertiary alicyclic amines) is 1. The van der Waals surface area contributed by atoms with Crippen LogP contribution in [0.1, 0.15) is 29.4 Å². The van der Waals surface area contributed by atoms with Crippen LogP contribution < -0.4 is 10.1 Å². The van der Waals surface area contributed by atoms with Gasteiger partial charge in [-0.2, -0.15) is 0 Å². The van der Waals surface area contributed by atoms with Crippen molar-refractivity contribution in [1.82, 2.24) is 10.2 Å². The lowest BCUT2D eigenvalue weighted by atomic mass is 10.1. The maximum Gasteiger partial charge on any atom is 0.260 e. The first kappa shape index (κ1) is 20.7. The lowest BCUT2D eigenvalue weighted by Gasteiger charge is -2.31. The van der Waals surface area contributed by atoms with E-state index in [2.05, 4.69) is 17.4 Å². The molecule has 2 aliphatic rings. The second-order valence-corrected chi connectivity index (χ2v) is 8.95. The molecule has 2 aliphatic heterocycles. The van der Waals surface area contributed by atoms with E-state index in [1.54, 1.807) is 0 Å². The molecule has 3 rings (SSSR count). The van der Waals surface area contributed by atoms with Gasteiger partial charge in [-0.05, 0) is 55.5 Å². The zero-order chi connectivity index (χ0) is 16.8. The molecule has 2 fully saturated rings. The Morgan fingerprint density at radius 3 is 2.44 bits per heavy atom. The van der Waals surface area contributed by atoms with Crippen molar-refractivity contribution < 1.29 is 9.53 Å². The Morgan fingerprint density at radius 2 is 1.84 bits per heavy atom. The number of nitrogens with one attached hydrogen (secondary N) is 1. The molecule has 1 aromatic carbocycles. The van der Waals surface area contributed by atoms with Crippen LogP contribution in [0.5, 0.6) is 5.75 Å². The van der Waals surface area contributed by atoms with E-state index >= 15 is 0 Å². The van der Waals surface area contributed by atoms with E-state index < -0.39 is 0 Å². The maximum absolute atomic E-state index is 12.3. The summed E-state index contributed by atoms with van der Waals surface area (Å²) in [4.78, 5) is 14.2. The third-order valence-electron chi connectivity index (χ3n) is 4.60. The number of ether oxygens (including phenoxy) is 1. The van der Waals surface area contributed by atoms with Crippen LogP contribution in [0.15, 0.2) is 24.3 Å². The number of benzene rings is 1. The van der Waals surface area contributed by atoms with Crippen molar-refractivity contribution in [3.05, 3.63) is 29.8 Å². The molecule has 4 nitrogen and oxygen atoms in total. The van der Waals surface area contributed by atoms with Crippen molar-refractivity contribution >= 4 is 41.8 Å². The molecule has 1 N–H and O–H groups in total. The van der Waals surface area contributed by atoms with Gasteiger partial charge in [0.1, 0.15) is 5.75 Å². The average Bonchev–Trinajstić information content (AvgIpc) is 2.67. The molecule has 1 amide bonds. The van der Waals surface area contributed by atoms with Gasteiger partial charge in [0.05, 0.1) is 4.58 Å². The third kappa shape index (κ3) is 5.98. The summed E-state index contributed by atoms with van der Waals surface area (Å²) < 4.78 is 6.24. The minimum Gasteiger partial charge on any atom is -0.484 e. The van der Waals surface area contributed by atoms with Crippen LogP contribution in [0.2, 0.25) is 0 Å². The molecule has 2 saturated heterocycles. The Morgan fingerprint density at radius 1 is 1.20 bits per heavy atom. The van der Waals surface area contributed by atoms with E-state index in [0.717, 1.165) is 31.7 Å². The molecule has 2 heterocycles. The summed E-state index contributed by atoms with van der Waals surface area (Å²) >= 11 is 4.03. The van der Waals surface area contributed by atoms with Gasteiger partial charge >= 0.3 is 0 Å². The predicted molar refractivity (Wildman–Crippen MR) is 110 cm³/mol. The molecule has 0 bridgehead atoms. The lowest BCUT2D eigenvalue weighted by Crippen LogP contribution is -2.45. The van der Waals surface area contributed by atoms with Gasteiger partial charge in [0.25, 0.3) is 5.91 Å². The lowest BCUT2D eigenvalue weighted by molar-refractivity contribution is -0.134. The third-order valence-corrected chi connectivity index (χ3v) is 7.61. The molecule has 0 aromatic heterocycles. The molecule has 0 saturated carbocycles. The first-order chi connectivity index (χ1) is 11.8. The molecule has 1 aromatic rings. The van der Waals surface area contributed by atoms with Crippen molar-refractivity contribution in [2.24, 2.45) is 0 Å². The van der Waals surface area contributed by atoms with Crippen molar-refractivity contribution in [2.75, 3.05) is 38.2 Å². The van der Waals surface area contributed by atoms with Crippen LogP contribution in [0.25, 0.3) is 0 Å². The number of hydrogen-bond acceptors (Lipinski definition) is 5. The molecule has 7 heteroatoms. The fraction of sp³-hybridized carbons (Fsp3) is 0.611.